The molecule has 0 bridgehead atoms. The molecule has 0 saturated carbocycles. The molecule has 0 aromatic heterocycles. The van der Waals surface area contributed by atoms with E-state index in [1.807, 2.05) is 36.4 Å². The lowest BCUT2D eigenvalue weighted by atomic mass is 10.1. The van der Waals surface area contributed by atoms with Gasteiger partial charge in [-0.15, -0.1) is 0 Å². The molecule has 0 heterocycles. The van der Waals surface area contributed by atoms with Crippen molar-refractivity contribution < 1.29 is 8.42 Å². The van der Waals surface area contributed by atoms with Gasteiger partial charge in [0.1, 0.15) is 0 Å². The van der Waals surface area contributed by atoms with E-state index in [9.17, 15) is 8.42 Å². The van der Waals surface area contributed by atoms with Crippen LogP contribution in [0.3, 0.4) is 0 Å². The third-order valence-electron chi connectivity index (χ3n) is 3.81. The Labute approximate surface area is 144 Å². The third kappa shape index (κ3) is 6.80. The van der Waals surface area contributed by atoms with Gasteiger partial charge in [0.05, 0.1) is 5.75 Å². The summed E-state index contributed by atoms with van der Waals surface area (Å²) in [6, 6.07) is 20.5. The summed E-state index contributed by atoms with van der Waals surface area (Å²) in [7, 11) is -2.95. The first-order chi connectivity index (χ1) is 11.1. The summed E-state index contributed by atoms with van der Waals surface area (Å²) in [6.45, 7) is 1.73. The Balaban J connectivity index is 1.96. The number of thioether (sulfide) groups is 1. The van der Waals surface area contributed by atoms with Crippen molar-refractivity contribution in [1.82, 2.24) is 0 Å². The Bertz CT molecular complexity index is 624. The van der Waals surface area contributed by atoms with Crippen molar-refractivity contribution in [3.63, 3.8) is 0 Å². The van der Waals surface area contributed by atoms with Gasteiger partial charge in [-0.25, -0.2) is 8.42 Å². The van der Waals surface area contributed by atoms with Gasteiger partial charge in [-0.2, -0.15) is 11.8 Å². The average molecular weight is 349 g/mol. The van der Waals surface area contributed by atoms with Crippen molar-refractivity contribution in [2.75, 3.05) is 11.5 Å². The molecule has 0 aliphatic rings. The Morgan fingerprint density at radius 3 is 2.04 bits per heavy atom. The van der Waals surface area contributed by atoms with Crippen LogP contribution >= 0.6 is 11.8 Å². The third-order valence-corrected chi connectivity index (χ3v) is 7.18. The lowest BCUT2D eigenvalue weighted by Gasteiger charge is -2.16. The summed E-state index contributed by atoms with van der Waals surface area (Å²) >= 11 is 1.76. The minimum Gasteiger partial charge on any atom is -0.229 e. The standard InChI is InChI=1S/C19H24O2S2/c1-2-23(20,21)16-19(14-13-17-9-5-3-6-10-17)22-15-18-11-7-4-8-12-18/h3-12,19H,2,13-16H2,1H3. The molecule has 1 atom stereocenters. The van der Waals surface area contributed by atoms with Crippen molar-refractivity contribution in [1.29, 1.82) is 0 Å². The van der Waals surface area contributed by atoms with Gasteiger partial charge in [-0.1, -0.05) is 67.6 Å². The predicted molar refractivity (Wildman–Crippen MR) is 101 cm³/mol. The molecule has 0 aliphatic heterocycles. The first kappa shape index (κ1) is 18.1. The fraction of sp³-hybridized carbons (Fsp3) is 0.368. The van der Waals surface area contributed by atoms with Gasteiger partial charge >= 0.3 is 0 Å². The maximum atomic E-state index is 12.0. The van der Waals surface area contributed by atoms with Crippen molar-refractivity contribution >= 4 is 21.6 Å². The average Bonchev–Trinajstić information content (AvgIpc) is 2.59. The van der Waals surface area contributed by atoms with E-state index >= 15 is 0 Å². The van der Waals surface area contributed by atoms with Crippen LogP contribution in [0.15, 0.2) is 60.7 Å². The van der Waals surface area contributed by atoms with Gasteiger partial charge in [0.15, 0.2) is 9.84 Å². The van der Waals surface area contributed by atoms with E-state index in [1.165, 1.54) is 11.1 Å². The molecule has 0 aliphatic carbocycles. The molecule has 0 N–H and O–H groups in total. The molecule has 4 heteroatoms. The molecular formula is C19H24O2S2. The van der Waals surface area contributed by atoms with Gasteiger partial charge in [-0.3, -0.25) is 0 Å². The second kappa shape index (κ2) is 9.14. The molecule has 2 nitrogen and oxygen atoms in total. The summed E-state index contributed by atoms with van der Waals surface area (Å²) < 4.78 is 24.0. The molecule has 23 heavy (non-hydrogen) atoms. The maximum Gasteiger partial charge on any atom is 0.151 e. The van der Waals surface area contributed by atoms with Crippen LogP contribution < -0.4 is 0 Å². The molecule has 0 radical (unpaired) electrons. The van der Waals surface area contributed by atoms with Crippen LogP contribution in [0, 0.1) is 0 Å². The van der Waals surface area contributed by atoms with E-state index in [-0.39, 0.29) is 16.8 Å². The highest BCUT2D eigenvalue weighted by Crippen LogP contribution is 2.23. The second-order valence-corrected chi connectivity index (χ2v) is 9.33. The smallest absolute Gasteiger partial charge is 0.151 e. The molecule has 1 unspecified atom stereocenters. The number of hydrogen-bond acceptors (Lipinski definition) is 3. The van der Waals surface area contributed by atoms with Crippen LogP contribution in [0.25, 0.3) is 0 Å². The highest BCUT2D eigenvalue weighted by molar-refractivity contribution is 8.00. The molecular weight excluding hydrogens is 324 g/mol. The van der Waals surface area contributed by atoms with Crippen LogP contribution in [0.5, 0.6) is 0 Å². The molecule has 0 saturated heterocycles. The zero-order chi connectivity index (χ0) is 16.5. The lowest BCUT2D eigenvalue weighted by Crippen LogP contribution is -2.21. The molecule has 0 fully saturated rings. The highest BCUT2D eigenvalue weighted by Gasteiger charge is 2.18. The van der Waals surface area contributed by atoms with E-state index in [2.05, 4.69) is 24.3 Å². The number of benzene rings is 2. The Morgan fingerprint density at radius 2 is 1.48 bits per heavy atom. The quantitative estimate of drug-likeness (QED) is 0.675. The number of hydrogen-bond donors (Lipinski definition) is 0. The summed E-state index contributed by atoms with van der Waals surface area (Å²) in [5, 5.41) is 0.139. The summed E-state index contributed by atoms with van der Waals surface area (Å²) in [5.74, 6) is 1.36. The van der Waals surface area contributed by atoms with E-state index in [0.717, 1.165) is 18.6 Å². The fourth-order valence-electron chi connectivity index (χ4n) is 2.38. The molecule has 0 spiro atoms. The summed E-state index contributed by atoms with van der Waals surface area (Å²) in [4.78, 5) is 0. The SMILES string of the molecule is CCS(=O)(=O)CC(CCc1ccccc1)SCc1ccccc1. The summed E-state index contributed by atoms with van der Waals surface area (Å²) in [5.41, 5.74) is 2.52. The van der Waals surface area contributed by atoms with E-state index in [0.29, 0.717) is 0 Å². The van der Waals surface area contributed by atoms with Gasteiger partial charge in [0.25, 0.3) is 0 Å². The van der Waals surface area contributed by atoms with Crippen molar-refractivity contribution in [3.8, 4) is 0 Å². The second-order valence-electron chi connectivity index (χ2n) is 5.64. The fourth-order valence-corrected chi connectivity index (χ4v) is 5.26. The number of rotatable bonds is 9. The zero-order valence-electron chi connectivity index (χ0n) is 13.5. The molecule has 2 aromatic carbocycles. The monoisotopic (exact) mass is 348 g/mol. The maximum absolute atomic E-state index is 12.0. The highest BCUT2D eigenvalue weighted by atomic mass is 32.2. The Hall–Kier alpha value is -1.26. The van der Waals surface area contributed by atoms with Crippen LogP contribution in [0.4, 0.5) is 0 Å². The Morgan fingerprint density at radius 1 is 0.913 bits per heavy atom. The molecule has 124 valence electrons. The van der Waals surface area contributed by atoms with Gasteiger partial charge in [-0.05, 0) is 24.0 Å². The zero-order valence-corrected chi connectivity index (χ0v) is 15.2. The topological polar surface area (TPSA) is 34.1 Å². The molecule has 0 amide bonds. The van der Waals surface area contributed by atoms with Crippen LogP contribution in [-0.2, 0) is 22.0 Å². The number of sulfone groups is 1. The number of aryl methyl sites for hydroxylation is 1. The largest absolute Gasteiger partial charge is 0.229 e. The van der Waals surface area contributed by atoms with E-state index in [1.54, 1.807) is 18.7 Å². The van der Waals surface area contributed by atoms with E-state index < -0.39 is 9.84 Å². The lowest BCUT2D eigenvalue weighted by molar-refractivity contribution is 0.593. The van der Waals surface area contributed by atoms with Crippen molar-refractivity contribution in [2.24, 2.45) is 0 Å². The van der Waals surface area contributed by atoms with Gasteiger partial charge < -0.3 is 0 Å². The van der Waals surface area contributed by atoms with Gasteiger partial charge in [0.2, 0.25) is 0 Å². The first-order valence-electron chi connectivity index (χ1n) is 7.99. The minimum atomic E-state index is -2.95. The van der Waals surface area contributed by atoms with Crippen LogP contribution in [0.2, 0.25) is 0 Å². The van der Waals surface area contributed by atoms with Crippen molar-refractivity contribution in [2.45, 2.75) is 30.8 Å². The van der Waals surface area contributed by atoms with Gasteiger partial charge in [0, 0.05) is 16.8 Å². The molecule has 2 rings (SSSR count). The van der Waals surface area contributed by atoms with Crippen molar-refractivity contribution in [3.05, 3.63) is 71.8 Å². The van der Waals surface area contributed by atoms with Crippen LogP contribution in [0.1, 0.15) is 24.5 Å². The molecule has 2 aromatic rings. The Kier molecular flexibility index (Phi) is 7.18. The van der Waals surface area contributed by atoms with E-state index in [4.69, 9.17) is 0 Å². The normalized spacial score (nSPS) is 12.9. The predicted octanol–water partition coefficient (Wildman–Crippen LogP) is 4.36. The first-order valence-corrected chi connectivity index (χ1v) is 10.9. The summed E-state index contributed by atoms with van der Waals surface area (Å²) in [6.07, 6.45) is 1.81. The van der Waals surface area contributed by atoms with Crippen LogP contribution in [-0.4, -0.2) is 25.2 Å². The minimum absolute atomic E-state index is 0.139.